The van der Waals surface area contributed by atoms with E-state index in [1.165, 1.54) is 0 Å². The molecule has 1 atom stereocenters. The summed E-state index contributed by atoms with van der Waals surface area (Å²) in [5.41, 5.74) is -0.690. The lowest BCUT2D eigenvalue weighted by molar-refractivity contribution is -0.159. The summed E-state index contributed by atoms with van der Waals surface area (Å²) >= 11 is 0. The molecule has 0 saturated carbocycles. The topological polar surface area (TPSA) is 49.8 Å². The van der Waals surface area contributed by atoms with Crippen LogP contribution in [-0.4, -0.2) is 49.3 Å². The lowest BCUT2D eigenvalue weighted by Crippen LogP contribution is -2.47. The predicted octanol–water partition coefficient (Wildman–Crippen LogP) is 1.85. The van der Waals surface area contributed by atoms with Crippen LogP contribution in [0.5, 0.6) is 0 Å². The van der Waals surface area contributed by atoms with Crippen LogP contribution in [0.4, 0.5) is 0 Å². The van der Waals surface area contributed by atoms with E-state index in [4.69, 9.17) is 4.74 Å². The number of ether oxygens (including phenoxy) is 1. The maximum absolute atomic E-state index is 11.4. The Labute approximate surface area is 104 Å². The van der Waals surface area contributed by atoms with Crippen molar-refractivity contribution in [3.63, 3.8) is 0 Å². The molecule has 1 aliphatic rings. The first kappa shape index (κ1) is 14.5. The fraction of sp³-hybridized carbons (Fsp3) is 0.923. The van der Waals surface area contributed by atoms with E-state index >= 15 is 0 Å². The van der Waals surface area contributed by atoms with E-state index in [9.17, 15) is 9.90 Å². The summed E-state index contributed by atoms with van der Waals surface area (Å²) in [6.07, 6.45) is 2.69. The lowest BCUT2D eigenvalue weighted by atomic mass is 9.82. The Morgan fingerprint density at radius 3 is 2.71 bits per heavy atom. The third kappa shape index (κ3) is 4.28. The van der Waals surface area contributed by atoms with Crippen LogP contribution in [0, 0.1) is 11.3 Å². The minimum Gasteiger partial charge on any atom is -0.481 e. The molecule has 1 fully saturated rings. The second-order valence-corrected chi connectivity index (χ2v) is 5.66. The molecule has 0 bridgehead atoms. The van der Waals surface area contributed by atoms with Gasteiger partial charge in [-0.05, 0) is 38.8 Å². The number of carboxylic acid groups (broad SMARTS) is 1. The maximum Gasteiger partial charge on any atom is 0.313 e. The predicted molar refractivity (Wildman–Crippen MR) is 67.1 cm³/mol. The Bertz CT molecular complexity index is 247. The van der Waals surface area contributed by atoms with Gasteiger partial charge in [-0.2, -0.15) is 0 Å². The fourth-order valence-electron chi connectivity index (χ4n) is 2.29. The van der Waals surface area contributed by atoms with Gasteiger partial charge in [-0.1, -0.05) is 13.8 Å². The van der Waals surface area contributed by atoms with E-state index < -0.39 is 11.4 Å². The van der Waals surface area contributed by atoms with Crippen molar-refractivity contribution in [2.75, 3.05) is 33.4 Å². The summed E-state index contributed by atoms with van der Waals surface area (Å²) in [5.74, 6) is -0.0607. The van der Waals surface area contributed by atoms with Gasteiger partial charge in [0, 0.05) is 13.2 Å². The summed E-state index contributed by atoms with van der Waals surface area (Å²) < 4.78 is 5.37. The number of nitrogens with zero attached hydrogens (tertiary/aromatic N) is 1. The van der Waals surface area contributed by atoms with Crippen LogP contribution in [0.15, 0.2) is 0 Å². The van der Waals surface area contributed by atoms with Crippen molar-refractivity contribution in [3.8, 4) is 0 Å². The van der Waals surface area contributed by atoms with Gasteiger partial charge in [-0.3, -0.25) is 4.79 Å². The Morgan fingerprint density at radius 1 is 1.53 bits per heavy atom. The molecule has 17 heavy (non-hydrogen) atoms. The monoisotopic (exact) mass is 243 g/mol. The zero-order valence-corrected chi connectivity index (χ0v) is 11.2. The van der Waals surface area contributed by atoms with Crippen molar-refractivity contribution in [2.24, 2.45) is 11.3 Å². The van der Waals surface area contributed by atoms with Gasteiger partial charge in [0.25, 0.3) is 0 Å². The van der Waals surface area contributed by atoms with Crippen LogP contribution in [0.1, 0.15) is 33.1 Å². The SMILES string of the molecule is CC(C)CCN(C)CC1(C(=O)O)CCCOC1. The Hall–Kier alpha value is -0.610. The van der Waals surface area contributed by atoms with Gasteiger partial charge >= 0.3 is 5.97 Å². The molecule has 1 N–H and O–H groups in total. The lowest BCUT2D eigenvalue weighted by Gasteiger charge is -2.36. The highest BCUT2D eigenvalue weighted by atomic mass is 16.5. The second-order valence-electron chi connectivity index (χ2n) is 5.66. The molecule has 0 aromatic carbocycles. The molecule has 0 spiro atoms. The van der Waals surface area contributed by atoms with E-state index in [1.54, 1.807) is 0 Å². The quantitative estimate of drug-likeness (QED) is 0.773. The van der Waals surface area contributed by atoms with E-state index in [0.29, 0.717) is 25.7 Å². The fourth-order valence-corrected chi connectivity index (χ4v) is 2.29. The van der Waals surface area contributed by atoms with Gasteiger partial charge in [0.2, 0.25) is 0 Å². The molecule has 1 aliphatic heterocycles. The average molecular weight is 243 g/mol. The first-order chi connectivity index (χ1) is 7.96. The zero-order chi connectivity index (χ0) is 12.9. The highest BCUT2D eigenvalue weighted by Crippen LogP contribution is 2.30. The molecule has 0 aliphatic carbocycles. The summed E-state index contributed by atoms with van der Waals surface area (Å²) in [7, 11) is 2.00. The zero-order valence-electron chi connectivity index (χ0n) is 11.2. The van der Waals surface area contributed by atoms with Gasteiger partial charge in [0.1, 0.15) is 5.41 Å². The molecule has 0 amide bonds. The van der Waals surface area contributed by atoms with Crippen molar-refractivity contribution in [1.29, 1.82) is 0 Å². The summed E-state index contributed by atoms with van der Waals surface area (Å²) in [5, 5.41) is 9.41. The summed E-state index contributed by atoms with van der Waals surface area (Å²) in [4.78, 5) is 13.6. The summed E-state index contributed by atoms with van der Waals surface area (Å²) in [6, 6.07) is 0. The molecule has 4 nitrogen and oxygen atoms in total. The molecule has 0 radical (unpaired) electrons. The minimum absolute atomic E-state index is 0.356. The normalized spacial score (nSPS) is 25.5. The number of carbonyl (C=O) groups is 1. The molecular weight excluding hydrogens is 218 g/mol. The van der Waals surface area contributed by atoms with E-state index in [0.717, 1.165) is 25.8 Å². The van der Waals surface area contributed by atoms with Crippen molar-refractivity contribution < 1.29 is 14.6 Å². The molecule has 0 aromatic heterocycles. The van der Waals surface area contributed by atoms with Crippen LogP contribution < -0.4 is 0 Å². The van der Waals surface area contributed by atoms with Gasteiger partial charge in [-0.15, -0.1) is 0 Å². The molecule has 4 heteroatoms. The molecule has 100 valence electrons. The molecule has 1 rings (SSSR count). The Morgan fingerprint density at radius 2 is 2.24 bits per heavy atom. The standard InChI is InChI=1S/C13H25NO3/c1-11(2)5-7-14(3)9-13(12(15)16)6-4-8-17-10-13/h11H,4-10H2,1-3H3,(H,15,16). The van der Waals surface area contributed by atoms with Crippen LogP contribution in [0.25, 0.3) is 0 Å². The van der Waals surface area contributed by atoms with Crippen molar-refractivity contribution in [3.05, 3.63) is 0 Å². The molecule has 1 saturated heterocycles. The largest absolute Gasteiger partial charge is 0.481 e. The van der Waals surface area contributed by atoms with E-state index in [-0.39, 0.29) is 0 Å². The number of hydrogen-bond donors (Lipinski definition) is 1. The number of carboxylic acids is 1. The van der Waals surface area contributed by atoms with Gasteiger partial charge in [-0.25, -0.2) is 0 Å². The van der Waals surface area contributed by atoms with Crippen molar-refractivity contribution >= 4 is 5.97 Å². The van der Waals surface area contributed by atoms with Crippen LogP contribution in [0.2, 0.25) is 0 Å². The van der Waals surface area contributed by atoms with Gasteiger partial charge in [0.15, 0.2) is 0 Å². The van der Waals surface area contributed by atoms with Gasteiger partial charge < -0.3 is 14.7 Å². The van der Waals surface area contributed by atoms with Gasteiger partial charge in [0.05, 0.1) is 6.61 Å². The number of rotatable bonds is 6. The Kier molecular flexibility index (Phi) is 5.40. The molecular formula is C13H25NO3. The first-order valence-corrected chi connectivity index (χ1v) is 6.46. The maximum atomic E-state index is 11.4. The molecule has 1 unspecified atom stereocenters. The third-order valence-corrected chi connectivity index (χ3v) is 3.44. The van der Waals surface area contributed by atoms with Crippen LogP contribution in [-0.2, 0) is 9.53 Å². The minimum atomic E-state index is -0.714. The number of aliphatic carboxylic acids is 1. The summed E-state index contributed by atoms with van der Waals surface area (Å²) in [6.45, 7) is 6.97. The smallest absolute Gasteiger partial charge is 0.313 e. The van der Waals surface area contributed by atoms with Crippen LogP contribution in [0.3, 0.4) is 0 Å². The first-order valence-electron chi connectivity index (χ1n) is 6.46. The third-order valence-electron chi connectivity index (χ3n) is 3.44. The van der Waals surface area contributed by atoms with Crippen molar-refractivity contribution in [1.82, 2.24) is 4.90 Å². The molecule has 1 heterocycles. The molecule has 0 aromatic rings. The Balaban J connectivity index is 2.51. The second kappa shape index (κ2) is 6.36. The van der Waals surface area contributed by atoms with Crippen molar-refractivity contribution in [2.45, 2.75) is 33.1 Å². The highest BCUT2D eigenvalue weighted by molar-refractivity contribution is 5.75. The van der Waals surface area contributed by atoms with E-state index in [1.807, 2.05) is 7.05 Å². The number of hydrogen-bond acceptors (Lipinski definition) is 3. The van der Waals surface area contributed by atoms with E-state index in [2.05, 4.69) is 18.7 Å². The average Bonchev–Trinajstić information content (AvgIpc) is 2.27. The highest BCUT2D eigenvalue weighted by Gasteiger charge is 2.41. The van der Waals surface area contributed by atoms with Crippen LogP contribution >= 0.6 is 0 Å².